The van der Waals surface area contributed by atoms with Crippen molar-refractivity contribution in [3.8, 4) is 22.6 Å². The predicted octanol–water partition coefficient (Wildman–Crippen LogP) is 6.43. The summed E-state index contributed by atoms with van der Waals surface area (Å²) in [6, 6.07) is 20.1. The molecule has 8 rings (SSSR count). The molecule has 34 heteroatoms. The fourth-order valence-electron chi connectivity index (χ4n) is 11.0. The van der Waals surface area contributed by atoms with Gasteiger partial charge in [0.2, 0.25) is 11.3 Å². The molecule has 0 saturated carbocycles. The number of nitrogens with zero attached hydrogens (tertiary/aromatic N) is 6. The number of aliphatic hydroxyl groups excluding tert-OH is 2. The average Bonchev–Trinajstić information content (AvgIpc) is 1.64. The highest BCUT2D eigenvalue weighted by Crippen LogP contribution is 2.66. The van der Waals surface area contributed by atoms with E-state index in [0.29, 0.717) is 73.1 Å². The first-order valence-corrected chi connectivity index (χ1v) is 35.9. The molecule has 1 aliphatic carbocycles. The Morgan fingerprint density at radius 2 is 1.57 bits per heavy atom. The zero-order valence-electron chi connectivity index (χ0n) is 48.9. The maximum atomic E-state index is 13.4. The molecule has 3 aliphatic heterocycles. The van der Waals surface area contributed by atoms with Crippen LogP contribution < -0.4 is 25.5 Å². The number of ether oxygens (including phenoxy) is 1. The number of carbonyl (C=O) groups excluding carboxylic acids is 1. The van der Waals surface area contributed by atoms with Crippen LogP contribution in [0.25, 0.3) is 39.9 Å². The van der Waals surface area contributed by atoms with Gasteiger partial charge in [0.15, 0.2) is 23.2 Å². The van der Waals surface area contributed by atoms with E-state index in [2.05, 4.69) is 63.2 Å². The summed E-state index contributed by atoms with van der Waals surface area (Å²) in [5, 5.41) is 28.7. The van der Waals surface area contributed by atoms with E-state index in [-0.39, 0.29) is 41.4 Å². The van der Waals surface area contributed by atoms with Gasteiger partial charge in [-0.25, -0.2) is 33.2 Å². The maximum Gasteiger partial charge on any atom is 0.490 e. The van der Waals surface area contributed by atoms with Gasteiger partial charge < -0.3 is 54.5 Å². The van der Waals surface area contributed by atoms with Gasteiger partial charge in [0.25, 0.3) is 20.2 Å². The van der Waals surface area contributed by atoms with Gasteiger partial charge in [0.1, 0.15) is 49.2 Å². The average molecular weight is 1340 g/mol. The number of benzene rings is 3. The van der Waals surface area contributed by atoms with Crippen molar-refractivity contribution in [3.05, 3.63) is 119 Å². The first-order chi connectivity index (χ1) is 41.9. The monoisotopic (exact) mass is 1340 g/mol. The van der Waals surface area contributed by atoms with E-state index in [0.717, 1.165) is 53.5 Å². The molecule has 10 N–H and O–H groups in total. The van der Waals surface area contributed by atoms with E-state index >= 15 is 0 Å². The lowest BCUT2D eigenvalue weighted by atomic mass is 9.77. The Bertz CT molecular complexity index is 4030. The Hall–Kier alpha value is -5.92. The summed E-state index contributed by atoms with van der Waals surface area (Å²) in [5.41, 5.74) is 4.72. The lowest BCUT2D eigenvalue weighted by molar-refractivity contribution is -0.121. The van der Waals surface area contributed by atoms with E-state index < -0.39 is 86.0 Å². The summed E-state index contributed by atoms with van der Waals surface area (Å²) in [7, 11) is -26.0. The minimum atomic E-state index is -5.81. The number of allylic oxidation sites excluding steroid dienone is 3. The van der Waals surface area contributed by atoms with Crippen LogP contribution in [0.4, 0.5) is 11.5 Å². The summed E-state index contributed by atoms with van der Waals surface area (Å²) in [5.74, 6) is 0.941. The number of nitrogens with one attached hydrogen (secondary N) is 2. The van der Waals surface area contributed by atoms with Gasteiger partial charge in [-0.3, -0.25) is 23.0 Å². The number of hydrogen-bond acceptors (Lipinski definition) is 20. The molecule has 2 aromatic heterocycles. The van der Waals surface area contributed by atoms with Crippen LogP contribution in [-0.4, -0.2) is 145 Å². The number of carbonyl (C=O) groups is 1. The van der Waals surface area contributed by atoms with Gasteiger partial charge >= 0.3 is 23.5 Å². The molecule has 1 fully saturated rings. The van der Waals surface area contributed by atoms with Crippen molar-refractivity contribution >= 4 is 78.4 Å². The number of anilines is 2. The highest BCUT2D eigenvalue weighted by Gasteiger charge is 2.48. The Morgan fingerprint density at radius 1 is 0.854 bits per heavy atom. The first-order valence-electron chi connectivity index (χ1n) is 28.3. The van der Waals surface area contributed by atoms with Crippen LogP contribution >= 0.6 is 23.5 Å². The molecule has 89 heavy (non-hydrogen) atoms. The van der Waals surface area contributed by atoms with E-state index in [1.54, 1.807) is 6.07 Å². The number of phosphoric acid groups is 3. The lowest BCUT2D eigenvalue weighted by Crippen LogP contribution is -2.33. The molecule has 7 atom stereocenters. The summed E-state index contributed by atoms with van der Waals surface area (Å²) in [6.45, 7) is 9.59. The number of fused-ring (bicyclic) bond motifs is 3. The highest BCUT2D eigenvalue weighted by atomic mass is 32.2. The van der Waals surface area contributed by atoms with Crippen molar-refractivity contribution < 1.29 is 96.5 Å². The zero-order valence-corrected chi connectivity index (χ0v) is 53.2. The van der Waals surface area contributed by atoms with Gasteiger partial charge in [0.05, 0.1) is 29.6 Å². The number of phosphoric ester groups is 1. The van der Waals surface area contributed by atoms with Crippen LogP contribution in [0, 0.1) is 6.92 Å². The molecule has 2 aromatic carbocycles. The van der Waals surface area contributed by atoms with Crippen molar-refractivity contribution in [2.75, 3.05) is 55.3 Å². The second-order valence-corrected chi connectivity index (χ2v) is 28.8. The SMILES string of the molecule is CC[N+](CC)=c1ccc2c(/C=C/C=C3\N(CCCS(=O)(=O)O)c4ccc(S(=O)(=O)O)cc4C3(C)CCCC(=O)NCCCCCCNc3ncnc4c3ncn4[C@@H]3O[C@H](COP(=O)(O)OP(=O)(O)OP(=O)(O)O)[C@@H](O)[C@H]3O)c(C)c(-c3ccccc3)oc-2c1. The molecule has 0 spiro atoms. The lowest BCUT2D eigenvalue weighted by Gasteiger charge is -2.30. The smallest absolute Gasteiger partial charge is 0.456 e. The Balaban J connectivity index is 0.892. The molecule has 3 unspecified atom stereocenters. The van der Waals surface area contributed by atoms with E-state index in [9.17, 15) is 64.4 Å². The Labute approximate surface area is 513 Å². The standard InChI is InChI=1S/C55H71N8O21P3S2/c1-5-61(6-2)38-22-24-41-40(36(3)51(81-44(41)31-38)37-17-10-9-11-18-37)19-14-20-46-55(4,42-32-39(89(77,78)79)23-25-43(42)62(46)29-16-30-88(74,75)76)26-15-21-47(64)56-27-12-7-8-13-28-57-52-48-53(59-34-58-52)63(35-60-48)54-50(66)49(65)45(82-54)33-80-86(70,71)84-87(72,73)83-85(67,68)69/h9-11,14,17-20,22-25,31-32,34-35,45,49-50,54,65-66H,5-8,12-13,15-16,21,26-30,33H2,1-4H3,(H7-,56,57,58,59,64,67,68,69,70,71,72,73,74,75,76,77,78,79)/p+1/t45-,49-,50-,54-,55?/m1/s1. The minimum absolute atomic E-state index is 0.0139. The fourth-order valence-corrected chi connectivity index (χ4v) is 15.0. The van der Waals surface area contributed by atoms with Crippen molar-refractivity contribution in [2.24, 2.45) is 0 Å². The normalized spacial score (nSPS) is 20.8. The van der Waals surface area contributed by atoms with Gasteiger partial charge in [-0.15, -0.1) is 0 Å². The van der Waals surface area contributed by atoms with E-state index in [1.807, 2.05) is 79.4 Å². The second-order valence-electron chi connectivity index (χ2n) is 21.4. The minimum Gasteiger partial charge on any atom is -0.456 e. The van der Waals surface area contributed by atoms with Crippen LogP contribution in [0.5, 0.6) is 0 Å². The summed E-state index contributed by atoms with van der Waals surface area (Å²) in [6.07, 6.45) is 5.47. The Morgan fingerprint density at radius 3 is 2.26 bits per heavy atom. The molecule has 29 nitrogen and oxygen atoms in total. The molecular weight excluding hydrogens is 1270 g/mol. The van der Waals surface area contributed by atoms with E-state index in [4.69, 9.17) is 18.9 Å². The zero-order chi connectivity index (χ0) is 64.7. The quantitative estimate of drug-likeness (QED) is 0.0100. The van der Waals surface area contributed by atoms with Crippen molar-refractivity contribution in [1.29, 1.82) is 0 Å². The first kappa shape index (κ1) is 69.0. The molecule has 4 aliphatic rings. The number of hydrogen-bond donors (Lipinski definition) is 10. The van der Waals surface area contributed by atoms with Crippen LogP contribution in [0.3, 0.4) is 0 Å². The van der Waals surface area contributed by atoms with Gasteiger partial charge in [-0.1, -0.05) is 55.3 Å². The number of amides is 1. The molecule has 4 aromatic rings. The molecule has 1 saturated heterocycles. The van der Waals surface area contributed by atoms with Gasteiger partial charge in [-0.05, 0) is 101 Å². The third-order valence-electron chi connectivity index (χ3n) is 15.3. The predicted molar refractivity (Wildman–Crippen MR) is 326 cm³/mol. The van der Waals surface area contributed by atoms with Crippen LogP contribution in [-0.2, 0) is 62.0 Å². The molecular formula is C55H72N8O21P3S2+. The summed E-state index contributed by atoms with van der Waals surface area (Å²) < 4.78 is 132. The number of imidazole rings is 1. The number of aliphatic hydroxyl groups is 2. The second kappa shape index (κ2) is 28.7. The molecule has 484 valence electrons. The van der Waals surface area contributed by atoms with Gasteiger partial charge in [0, 0.05) is 65.6 Å². The summed E-state index contributed by atoms with van der Waals surface area (Å²) >= 11 is 0. The number of rotatable bonds is 30. The number of unbranched alkanes of at least 4 members (excludes halogenated alkanes) is 3. The molecule has 5 heterocycles. The van der Waals surface area contributed by atoms with Crippen LogP contribution in [0.15, 0.2) is 107 Å². The topological polar surface area (TPSA) is 422 Å². The largest absolute Gasteiger partial charge is 0.490 e. The van der Waals surface area contributed by atoms with Crippen LogP contribution in [0.2, 0.25) is 0 Å². The van der Waals surface area contributed by atoms with Crippen molar-refractivity contribution in [2.45, 2.75) is 114 Å². The maximum absolute atomic E-state index is 13.4. The fraction of sp³-hybridized carbons (Fsp3) is 0.436. The third kappa shape index (κ3) is 17.4. The third-order valence-corrected chi connectivity index (χ3v) is 20.7. The number of aromatic nitrogens is 4. The van der Waals surface area contributed by atoms with Crippen molar-refractivity contribution in [3.63, 3.8) is 0 Å². The Kier molecular flexibility index (Phi) is 22.3. The molecule has 0 radical (unpaired) electrons. The molecule has 1 amide bonds. The summed E-state index contributed by atoms with van der Waals surface area (Å²) in [4.78, 5) is 64.5. The van der Waals surface area contributed by atoms with Gasteiger partial charge in [-0.2, -0.15) is 25.5 Å². The van der Waals surface area contributed by atoms with Crippen molar-refractivity contribution in [1.82, 2.24) is 29.4 Å². The molecule has 0 bridgehead atoms. The van der Waals surface area contributed by atoms with Crippen LogP contribution in [0.1, 0.15) is 95.1 Å². The highest BCUT2D eigenvalue weighted by molar-refractivity contribution is 7.86. The van der Waals surface area contributed by atoms with E-state index in [1.165, 1.54) is 29.4 Å².